The Morgan fingerprint density at radius 1 is 0.786 bits per heavy atom. The molecule has 2 aromatic heterocycles. The molecule has 0 bridgehead atoms. The van der Waals surface area contributed by atoms with Crippen LogP contribution in [-0.4, -0.2) is 9.97 Å². The number of pyridine rings is 2. The number of nitrogens with zero attached hydrogens (tertiary/aromatic N) is 1. The predicted molar refractivity (Wildman–Crippen MR) is 125 cm³/mol. The number of aromatic nitrogens is 2. The first kappa shape index (κ1) is 20.7. The molecular weight excluding hydrogens is 480 g/mol. The van der Waals surface area contributed by atoms with E-state index in [0.717, 1.165) is 42.3 Å². The van der Waals surface area contributed by atoms with E-state index in [0.29, 0.717) is 0 Å². The standard InChI is InChI=1S/C12H12BrN.C11H10BrNO/c1-7-4-5-10-8(2)6-9(3)14-12(10)11(7)13;1-6-3-4-8-9(14)5-7(2)13-11(8)10(6)12/h4-6H,1-3H3;3-5H,1-2H3,(H,13,14). The number of aryl methyl sites for hydroxylation is 5. The molecule has 144 valence electrons. The lowest BCUT2D eigenvalue weighted by Crippen LogP contribution is -2.03. The molecule has 28 heavy (non-hydrogen) atoms. The molecule has 0 aliphatic rings. The highest BCUT2D eigenvalue weighted by Crippen LogP contribution is 2.28. The molecule has 0 aliphatic carbocycles. The molecule has 0 amide bonds. The first-order chi connectivity index (χ1) is 13.2. The van der Waals surface area contributed by atoms with Gasteiger partial charge in [0.2, 0.25) is 0 Å². The fourth-order valence-electron chi connectivity index (χ4n) is 3.21. The molecule has 4 rings (SSSR count). The summed E-state index contributed by atoms with van der Waals surface area (Å²) < 4.78 is 2.08. The van der Waals surface area contributed by atoms with Crippen LogP contribution in [-0.2, 0) is 0 Å². The second kappa shape index (κ2) is 8.18. The number of hydrogen-bond acceptors (Lipinski definition) is 2. The number of aromatic amines is 1. The third-order valence-electron chi connectivity index (χ3n) is 4.72. The summed E-state index contributed by atoms with van der Waals surface area (Å²) in [5.41, 5.74) is 7.62. The minimum Gasteiger partial charge on any atom is -0.357 e. The molecule has 0 unspecified atom stereocenters. The van der Waals surface area contributed by atoms with E-state index in [1.807, 2.05) is 32.9 Å². The molecule has 0 radical (unpaired) electrons. The normalized spacial score (nSPS) is 10.8. The number of nitrogens with one attached hydrogen (secondary N) is 1. The Balaban J connectivity index is 0.000000161. The van der Waals surface area contributed by atoms with E-state index in [1.165, 1.54) is 16.5 Å². The van der Waals surface area contributed by atoms with Crippen molar-refractivity contribution in [1.29, 1.82) is 0 Å². The Morgan fingerprint density at radius 2 is 1.39 bits per heavy atom. The van der Waals surface area contributed by atoms with Crippen molar-refractivity contribution in [2.24, 2.45) is 0 Å². The van der Waals surface area contributed by atoms with Gasteiger partial charge >= 0.3 is 0 Å². The summed E-state index contributed by atoms with van der Waals surface area (Å²) in [6.45, 7) is 10.1. The maximum atomic E-state index is 11.6. The van der Waals surface area contributed by atoms with Crippen LogP contribution in [0.15, 0.2) is 50.1 Å². The van der Waals surface area contributed by atoms with Gasteiger partial charge in [0.15, 0.2) is 5.43 Å². The highest BCUT2D eigenvalue weighted by molar-refractivity contribution is 9.11. The van der Waals surface area contributed by atoms with Gasteiger partial charge in [-0.1, -0.05) is 18.2 Å². The minimum atomic E-state index is 0.0666. The van der Waals surface area contributed by atoms with E-state index in [-0.39, 0.29) is 5.43 Å². The average Bonchev–Trinajstić information content (AvgIpc) is 2.62. The number of halogens is 2. The first-order valence-corrected chi connectivity index (χ1v) is 10.6. The van der Waals surface area contributed by atoms with Crippen molar-refractivity contribution >= 4 is 53.7 Å². The van der Waals surface area contributed by atoms with Gasteiger partial charge in [0.25, 0.3) is 0 Å². The van der Waals surface area contributed by atoms with Crippen LogP contribution in [0, 0.1) is 34.6 Å². The van der Waals surface area contributed by atoms with Crippen LogP contribution in [0.25, 0.3) is 21.8 Å². The first-order valence-electron chi connectivity index (χ1n) is 9.01. The van der Waals surface area contributed by atoms with Crippen LogP contribution in [0.2, 0.25) is 0 Å². The van der Waals surface area contributed by atoms with Gasteiger partial charge in [0, 0.05) is 37.2 Å². The SMILES string of the molecule is Cc1cc(=O)c2ccc(C)c(Br)c2[nH]1.Cc1cc(C)c2ccc(C)c(Br)c2n1. The van der Waals surface area contributed by atoms with Crippen molar-refractivity contribution in [1.82, 2.24) is 9.97 Å². The molecule has 0 atom stereocenters. The van der Waals surface area contributed by atoms with Gasteiger partial charge < -0.3 is 4.98 Å². The van der Waals surface area contributed by atoms with Gasteiger partial charge in [0.05, 0.1) is 11.0 Å². The van der Waals surface area contributed by atoms with E-state index in [1.54, 1.807) is 6.07 Å². The Morgan fingerprint density at radius 3 is 2.07 bits per heavy atom. The molecule has 3 nitrogen and oxygen atoms in total. The number of rotatable bonds is 0. The third kappa shape index (κ3) is 4.06. The van der Waals surface area contributed by atoms with E-state index in [9.17, 15) is 4.79 Å². The number of H-pyrrole nitrogens is 1. The van der Waals surface area contributed by atoms with E-state index in [2.05, 4.69) is 73.9 Å². The zero-order chi connectivity index (χ0) is 20.6. The lowest BCUT2D eigenvalue weighted by atomic mass is 10.1. The molecule has 4 aromatic rings. The smallest absolute Gasteiger partial charge is 0.189 e. The van der Waals surface area contributed by atoms with E-state index >= 15 is 0 Å². The van der Waals surface area contributed by atoms with Crippen LogP contribution >= 0.6 is 31.9 Å². The van der Waals surface area contributed by atoms with Crippen molar-refractivity contribution in [2.75, 3.05) is 0 Å². The van der Waals surface area contributed by atoms with Crippen LogP contribution in [0.3, 0.4) is 0 Å². The fourth-order valence-corrected chi connectivity index (χ4v) is 4.09. The highest BCUT2D eigenvalue weighted by atomic mass is 79.9. The van der Waals surface area contributed by atoms with Gasteiger partial charge in [-0.05, 0) is 95.3 Å². The average molecular weight is 502 g/mol. The second-order valence-electron chi connectivity index (χ2n) is 7.11. The molecule has 0 aliphatic heterocycles. The zero-order valence-corrected chi connectivity index (χ0v) is 19.7. The van der Waals surface area contributed by atoms with Crippen molar-refractivity contribution < 1.29 is 0 Å². The molecule has 0 spiro atoms. The van der Waals surface area contributed by atoms with Gasteiger partial charge in [0.1, 0.15) is 0 Å². The second-order valence-corrected chi connectivity index (χ2v) is 8.69. The Labute approximate surface area is 181 Å². The van der Waals surface area contributed by atoms with E-state index in [4.69, 9.17) is 0 Å². The molecular formula is C23H22Br2N2O. The fraction of sp³-hybridized carbons (Fsp3) is 0.217. The quantitative estimate of drug-likeness (QED) is 0.287. The lowest BCUT2D eigenvalue weighted by Gasteiger charge is -2.07. The third-order valence-corrected chi connectivity index (χ3v) is 6.74. The van der Waals surface area contributed by atoms with Gasteiger partial charge in [-0.15, -0.1) is 0 Å². The van der Waals surface area contributed by atoms with Crippen LogP contribution in [0.5, 0.6) is 0 Å². The number of fused-ring (bicyclic) bond motifs is 2. The molecule has 2 aromatic carbocycles. The summed E-state index contributed by atoms with van der Waals surface area (Å²) in [4.78, 5) is 19.4. The van der Waals surface area contributed by atoms with Crippen molar-refractivity contribution in [3.8, 4) is 0 Å². The molecule has 5 heteroatoms. The summed E-state index contributed by atoms with van der Waals surface area (Å²) >= 11 is 7.07. The number of hydrogen-bond donors (Lipinski definition) is 1. The van der Waals surface area contributed by atoms with Crippen LogP contribution in [0.4, 0.5) is 0 Å². The summed E-state index contributed by atoms with van der Waals surface area (Å²) in [6.07, 6.45) is 0. The summed E-state index contributed by atoms with van der Waals surface area (Å²) in [5.74, 6) is 0. The van der Waals surface area contributed by atoms with Gasteiger partial charge in [-0.3, -0.25) is 9.78 Å². The maximum absolute atomic E-state index is 11.6. The molecule has 0 saturated carbocycles. The highest BCUT2D eigenvalue weighted by Gasteiger charge is 2.06. The topological polar surface area (TPSA) is 45.8 Å². The van der Waals surface area contributed by atoms with Crippen molar-refractivity contribution in [3.63, 3.8) is 0 Å². The van der Waals surface area contributed by atoms with Crippen LogP contribution < -0.4 is 5.43 Å². The Bertz CT molecular complexity index is 1260. The summed E-state index contributed by atoms with van der Waals surface area (Å²) in [5, 5.41) is 1.96. The largest absolute Gasteiger partial charge is 0.357 e. The summed E-state index contributed by atoms with van der Waals surface area (Å²) in [6, 6.07) is 11.8. The van der Waals surface area contributed by atoms with Gasteiger partial charge in [-0.2, -0.15) is 0 Å². The van der Waals surface area contributed by atoms with Gasteiger partial charge in [-0.25, -0.2) is 0 Å². The zero-order valence-electron chi connectivity index (χ0n) is 16.6. The Hall–Kier alpha value is -1.98. The molecule has 2 heterocycles. The molecule has 0 saturated heterocycles. The minimum absolute atomic E-state index is 0.0666. The van der Waals surface area contributed by atoms with Crippen LogP contribution in [0.1, 0.15) is 28.1 Å². The lowest BCUT2D eigenvalue weighted by molar-refractivity contribution is 1.22. The molecule has 0 fully saturated rings. The maximum Gasteiger partial charge on any atom is 0.189 e. The number of benzene rings is 2. The van der Waals surface area contributed by atoms with Crippen molar-refractivity contribution in [3.05, 3.63) is 83.6 Å². The Kier molecular flexibility index (Phi) is 6.06. The predicted octanol–water partition coefficient (Wildman–Crippen LogP) is 6.83. The van der Waals surface area contributed by atoms with E-state index < -0.39 is 0 Å². The molecule has 1 N–H and O–H groups in total. The summed E-state index contributed by atoms with van der Waals surface area (Å²) in [7, 11) is 0. The van der Waals surface area contributed by atoms with Crippen molar-refractivity contribution in [2.45, 2.75) is 34.6 Å². The monoisotopic (exact) mass is 500 g/mol.